The second kappa shape index (κ2) is 5.19. The highest BCUT2D eigenvalue weighted by Gasteiger charge is 2.25. The van der Waals surface area contributed by atoms with Gasteiger partial charge in [-0.15, -0.1) is 0 Å². The summed E-state index contributed by atoms with van der Waals surface area (Å²) in [5.41, 5.74) is 0.458. The average molecular weight is 304 g/mol. The van der Waals surface area contributed by atoms with Gasteiger partial charge in [-0.05, 0) is 19.1 Å². The fourth-order valence-electron chi connectivity index (χ4n) is 1.65. The van der Waals surface area contributed by atoms with E-state index in [0.717, 1.165) is 12.1 Å². The molecule has 0 saturated carbocycles. The summed E-state index contributed by atoms with van der Waals surface area (Å²) in [5.74, 6) is -0.956. The van der Waals surface area contributed by atoms with E-state index in [1.165, 1.54) is 7.11 Å². The van der Waals surface area contributed by atoms with Gasteiger partial charge in [0, 0.05) is 5.56 Å². The van der Waals surface area contributed by atoms with Gasteiger partial charge < -0.3 is 9.26 Å². The van der Waals surface area contributed by atoms with Gasteiger partial charge in [-0.3, -0.25) is 0 Å². The van der Waals surface area contributed by atoms with E-state index in [0.29, 0.717) is 0 Å². The van der Waals surface area contributed by atoms with Crippen molar-refractivity contribution in [2.45, 2.75) is 6.92 Å². The van der Waals surface area contributed by atoms with Gasteiger partial charge in [-0.2, -0.15) is 0 Å². The van der Waals surface area contributed by atoms with Crippen LogP contribution in [0.25, 0.3) is 11.3 Å². The maximum absolute atomic E-state index is 13.2. The quantitative estimate of drug-likeness (QED) is 0.790. The lowest BCUT2D eigenvalue weighted by Gasteiger charge is -2.06. The molecule has 0 radical (unpaired) electrons. The van der Waals surface area contributed by atoms with Crippen molar-refractivity contribution in [1.29, 1.82) is 0 Å². The molecule has 1 aromatic carbocycles. The Morgan fingerprint density at radius 3 is 2.47 bits per heavy atom. The van der Waals surface area contributed by atoms with E-state index < -0.39 is 11.8 Å². The molecule has 0 aliphatic rings. The van der Waals surface area contributed by atoms with Gasteiger partial charge in [-0.1, -0.05) is 28.4 Å². The third-order valence-corrected chi connectivity index (χ3v) is 3.09. The summed E-state index contributed by atoms with van der Waals surface area (Å²) >= 11 is 11.9. The highest BCUT2D eigenvalue weighted by atomic mass is 35.5. The summed E-state index contributed by atoms with van der Waals surface area (Å²) in [6.07, 6.45) is 0. The molecular formula is C12H8Cl2FNO3. The van der Waals surface area contributed by atoms with Crippen LogP contribution < -0.4 is 0 Å². The zero-order valence-corrected chi connectivity index (χ0v) is 11.5. The second-order valence-corrected chi connectivity index (χ2v) is 4.51. The van der Waals surface area contributed by atoms with Crippen LogP contribution in [0.5, 0.6) is 0 Å². The molecule has 2 aromatic rings. The monoisotopic (exact) mass is 303 g/mol. The van der Waals surface area contributed by atoms with Gasteiger partial charge in [-0.25, -0.2) is 9.18 Å². The number of hydrogen-bond donors (Lipinski definition) is 0. The maximum atomic E-state index is 13.2. The van der Waals surface area contributed by atoms with Crippen LogP contribution in [0.2, 0.25) is 10.0 Å². The van der Waals surface area contributed by atoms with Crippen LogP contribution in [0, 0.1) is 12.7 Å². The first kappa shape index (κ1) is 13.8. The number of rotatable bonds is 2. The molecule has 0 amide bonds. The van der Waals surface area contributed by atoms with E-state index in [4.69, 9.17) is 27.7 Å². The molecule has 19 heavy (non-hydrogen) atoms. The van der Waals surface area contributed by atoms with Crippen molar-refractivity contribution in [3.63, 3.8) is 0 Å². The van der Waals surface area contributed by atoms with E-state index in [-0.39, 0.29) is 32.6 Å². The molecule has 0 saturated heterocycles. The molecule has 0 aliphatic carbocycles. The average Bonchev–Trinajstić information content (AvgIpc) is 2.69. The third kappa shape index (κ3) is 2.43. The van der Waals surface area contributed by atoms with Crippen LogP contribution in [0.1, 0.15) is 16.1 Å². The highest BCUT2D eigenvalue weighted by molar-refractivity contribution is 6.39. The Morgan fingerprint density at radius 2 is 1.95 bits per heavy atom. The molecule has 4 nitrogen and oxygen atoms in total. The molecule has 0 aliphatic heterocycles. The van der Waals surface area contributed by atoms with Crippen LogP contribution in [-0.4, -0.2) is 18.2 Å². The number of nitrogens with zero attached hydrogens (tertiary/aromatic N) is 1. The predicted molar refractivity (Wildman–Crippen MR) is 68.0 cm³/mol. The van der Waals surface area contributed by atoms with Crippen LogP contribution in [-0.2, 0) is 4.74 Å². The third-order valence-electron chi connectivity index (χ3n) is 2.50. The standard InChI is InChI=1S/C12H8Cl2FNO3/c1-5-9(12(17)18-2)11(16-19-5)10-7(13)3-6(15)4-8(10)14/h3-4H,1-2H3. The van der Waals surface area contributed by atoms with E-state index in [1.807, 2.05) is 0 Å². The minimum Gasteiger partial charge on any atom is -0.465 e. The molecule has 0 bridgehead atoms. The van der Waals surface area contributed by atoms with Gasteiger partial charge in [0.25, 0.3) is 0 Å². The van der Waals surface area contributed by atoms with Gasteiger partial charge >= 0.3 is 5.97 Å². The number of aromatic nitrogens is 1. The summed E-state index contributed by atoms with van der Waals surface area (Å²) in [4.78, 5) is 11.7. The lowest BCUT2D eigenvalue weighted by atomic mass is 10.1. The number of methoxy groups -OCH3 is 1. The second-order valence-electron chi connectivity index (χ2n) is 3.70. The Kier molecular flexibility index (Phi) is 3.78. The number of hydrogen-bond acceptors (Lipinski definition) is 4. The van der Waals surface area contributed by atoms with E-state index in [9.17, 15) is 9.18 Å². The molecule has 2 rings (SSSR count). The van der Waals surface area contributed by atoms with Gasteiger partial charge in [0.1, 0.15) is 22.8 Å². The Bertz CT molecular complexity index is 631. The molecule has 0 atom stereocenters. The predicted octanol–water partition coefficient (Wildman–Crippen LogP) is 3.88. The van der Waals surface area contributed by atoms with Crippen molar-refractivity contribution in [3.8, 4) is 11.3 Å². The molecule has 0 N–H and O–H groups in total. The smallest absolute Gasteiger partial charge is 0.343 e. The number of halogens is 3. The molecule has 0 spiro atoms. The Balaban J connectivity index is 2.70. The molecule has 7 heteroatoms. The number of carbonyl (C=O) groups excluding carboxylic acids is 1. The van der Waals surface area contributed by atoms with Crippen molar-refractivity contribution in [1.82, 2.24) is 5.16 Å². The normalized spacial score (nSPS) is 10.6. The SMILES string of the molecule is COC(=O)c1c(-c2c(Cl)cc(F)cc2Cl)noc1C. The summed E-state index contributed by atoms with van der Waals surface area (Å²) in [5, 5.41) is 3.80. The lowest BCUT2D eigenvalue weighted by Crippen LogP contribution is -2.04. The highest BCUT2D eigenvalue weighted by Crippen LogP contribution is 2.37. The zero-order valence-electron chi connectivity index (χ0n) is 9.96. The number of carbonyl (C=O) groups is 1. The number of ether oxygens (including phenoxy) is 1. The van der Waals surface area contributed by atoms with Gasteiger partial charge in [0.2, 0.25) is 0 Å². The van der Waals surface area contributed by atoms with Crippen molar-refractivity contribution >= 4 is 29.2 Å². The summed E-state index contributed by atoms with van der Waals surface area (Å²) in [6, 6.07) is 2.15. The van der Waals surface area contributed by atoms with Gasteiger partial charge in [0.15, 0.2) is 0 Å². The fraction of sp³-hybridized carbons (Fsp3) is 0.167. The lowest BCUT2D eigenvalue weighted by molar-refractivity contribution is 0.0599. The minimum absolute atomic E-state index is 0.0310. The Morgan fingerprint density at radius 1 is 1.37 bits per heavy atom. The van der Waals surface area contributed by atoms with Crippen molar-refractivity contribution < 1.29 is 18.4 Å². The number of benzene rings is 1. The molecule has 0 unspecified atom stereocenters. The number of esters is 1. The van der Waals surface area contributed by atoms with Crippen molar-refractivity contribution in [2.24, 2.45) is 0 Å². The fourth-order valence-corrected chi connectivity index (χ4v) is 2.29. The Hall–Kier alpha value is -1.59. The first-order valence-corrected chi connectivity index (χ1v) is 5.90. The van der Waals surface area contributed by atoms with Crippen LogP contribution in [0.4, 0.5) is 4.39 Å². The maximum Gasteiger partial charge on any atom is 0.343 e. The molecule has 100 valence electrons. The topological polar surface area (TPSA) is 52.3 Å². The van der Waals surface area contributed by atoms with E-state index in [2.05, 4.69) is 9.89 Å². The van der Waals surface area contributed by atoms with E-state index >= 15 is 0 Å². The van der Waals surface area contributed by atoms with Crippen molar-refractivity contribution in [3.05, 3.63) is 39.3 Å². The van der Waals surface area contributed by atoms with Crippen LogP contribution in [0.3, 0.4) is 0 Å². The summed E-state index contributed by atoms with van der Waals surface area (Å²) in [7, 11) is 1.23. The van der Waals surface area contributed by atoms with Crippen LogP contribution >= 0.6 is 23.2 Å². The molecule has 1 heterocycles. The van der Waals surface area contributed by atoms with Crippen LogP contribution in [0.15, 0.2) is 16.7 Å². The molecule has 1 aromatic heterocycles. The van der Waals surface area contributed by atoms with E-state index in [1.54, 1.807) is 6.92 Å². The largest absolute Gasteiger partial charge is 0.465 e. The molecule has 0 fully saturated rings. The first-order valence-electron chi connectivity index (χ1n) is 5.15. The summed E-state index contributed by atoms with van der Waals surface area (Å²) < 4.78 is 22.7. The zero-order chi connectivity index (χ0) is 14.2. The Labute approximate surface area is 118 Å². The minimum atomic E-state index is -0.634. The van der Waals surface area contributed by atoms with Gasteiger partial charge in [0.05, 0.1) is 17.2 Å². The number of aryl methyl sites for hydroxylation is 1. The van der Waals surface area contributed by atoms with Crippen molar-refractivity contribution in [2.75, 3.05) is 7.11 Å². The first-order chi connectivity index (χ1) is 8.95. The summed E-state index contributed by atoms with van der Waals surface area (Å²) in [6.45, 7) is 1.55. The molecular weight excluding hydrogens is 296 g/mol.